The summed E-state index contributed by atoms with van der Waals surface area (Å²) < 4.78 is 2.03. The van der Waals surface area contributed by atoms with Gasteiger partial charge in [0, 0.05) is 31.7 Å². The predicted molar refractivity (Wildman–Crippen MR) is 105 cm³/mol. The maximum absolute atomic E-state index is 12.4. The molecular formula is C19H21N3OS2. The Morgan fingerprint density at radius 2 is 2.12 bits per heavy atom. The van der Waals surface area contributed by atoms with Gasteiger partial charge in [-0.05, 0) is 59.5 Å². The molecule has 0 radical (unpaired) electrons. The Hall–Kier alpha value is -2.05. The number of carbonyl (C=O) groups is 1. The number of aromatic nitrogens is 2. The SMILES string of the molecule is Cc1ccc(-n2ccnc2SCC(=O)N(C)Cc2ccsc2)cc1C. The zero-order valence-corrected chi connectivity index (χ0v) is 16.2. The second-order valence-corrected chi connectivity index (χ2v) is 7.74. The summed E-state index contributed by atoms with van der Waals surface area (Å²) in [7, 11) is 1.84. The molecule has 0 N–H and O–H groups in total. The molecule has 0 spiro atoms. The molecule has 0 aliphatic heterocycles. The standard InChI is InChI=1S/C19H21N3OS2/c1-14-4-5-17(10-15(14)2)22-8-7-20-19(22)25-13-18(23)21(3)11-16-6-9-24-12-16/h4-10,12H,11,13H2,1-3H3. The second kappa shape index (κ2) is 7.89. The number of nitrogens with zero attached hydrogens (tertiary/aromatic N) is 3. The van der Waals surface area contributed by atoms with Crippen molar-refractivity contribution in [1.82, 2.24) is 14.5 Å². The summed E-state index contributed by atoms with van der Waals surface area (Å²) in [5.41, 5.74) is 4.75. The average molecular weight is 372 g/mol. The zero-order chi connectivity index (χ0) is 17.8. The summed E-state index contributed by atoms with van der Waals surface area (Å²) in [6.07, 6.45) is 3.71. The van der Waals surface area contributed by atoms with Gasteiger partial charge in [-0.3, -0.25) is 9.36 Å². The average Bonchev–Trinajstić information content (AvgIpc) is 3.26. The van der Waals surface area contributed by atoms with Crippen molar-refractivity contribution >= 4 is 29.0 Å². The van der Waals surface area contributed by atoms with Gasteiger partial charge in [0.2, 0.25) is 5.91 Å². The monoisotopic (exact) mass is 371 g/mol. The summed E-state index contributed by atoms with van der Waals surface area (Å²) in [5.74, 6) is 0.480. The summed E-state index contributed by atoms with van der Waals surface area (Å²) >= 11 is 3.12. The van der Waals surface area contributed by atoms with Gasteiger partial charge < -0.3 is 4.90 Å². The largest absolute Gasteiger partial charge is 0.341 e. The van der Waals surface area contributed by atoms with Crippen LogP contribution in [0.2, 0.25) is 0 Å². The van der Waals surface area contributed by atoms with Gasteiger partial charge in [-0.2, -0.15) is 11.3 Å². The van der Waals surface area contributed by atoms with E-state index in [4.69, 9.17) is 0 Å². The van der Waals surface area contributed by atoms with Crippen LogP contribution >= 0.6 is 23.1 Å². The summed E-state index contributed by atoms with van der Waals surface area (Å²) in [5, 5.41) is 4.94. The lowest BCUT2D eigenvalue weighted by Crippen LogP contribution is -2.27. The number of thiophene rings is 1. The Balaban J connectivity index is 1.65. The van der Waals surface area contributed by atoms with E-state index >= 15 is 0 Å². The van der Waals surface area contributed by atoms with E-state index in [-0.39, 0.29) is 5.91 Å². The highest BCUT2D eigenvalue weighted by molar-refractivity contribution is 7.99. The number of aryl methyl sites for hydroxylation is 2. The lowest BCUT2D eigenvalue weighted by atomic mass is 10.1. The molecule has 0 saturated heterocycles. The van der Waals surface area contributed by atoms with Crippen molar-refractivity contribution in [3.63, 3.8) is 0 Å². The van der Waals surface area contributed by atoms with Gasteiger partial charge in [-0.1, -0.05) is 17.8 Å². The molecule has 25 heavy (non-hydrogen) atoms. The molecule has 0 aliphatic rings. The van der Waals surface area contributed by atoms with Gasteiger partial charge in [-0.25, -0.2) is 4.98 Å². The topological polar surface area (TPSA) is 38.1 Å². The van der Waals surface area contributed by atoms with Gasteiger partial charge in [-0.15, -0.1) is 0 Å². The Labute approximate surface area is 156 Å². The lowest BCUT2D eigenvalue weighted by Gasteiger charge is -2.16. The molecule has 2 heterocycles. The molecule has 0 atom stereocenters. The third-order valence-corrected chi connectivity index (χ3v) is 5.81. The molecule has 130 valence electrons. The fourth-order valence-electron chi connectivity index (χ4n) is 2.45. The van der Waals surface area contributed by atoms with Crippen LogP contribution in [-0.2, 0) is 11.3 Å². The lowest BCUT2D eigenvalue weighted by molar-refractivity contribution is -0.127. The van der Waals surface area contributed by atoms with Crippen molar-refractivity contribution < 1.29 is 4.79 Å². The van der Waals surface area contributed by atoms with Gasteiger partial charge >= 0.3 is 0 Å². The Morgan fingerprint density at radius 3 is 2.84 bits per heavy atom. The molecule has 3 rings (SSSR count). The molecule has 0 saturated carbocycles. The van der Waals surface area contributed by atoms with Gasteiger partial charge in [0.25, 0.3) is 0 Å². The fourth-order valence-corrected chi connectivity index (χ4v) is 4.02. The van der Waals surface area contributed by atoms with Crippen LogP contribution in [0.3, 0.4) is 0 Å². The molecule has 0 bridgehead atoms. The highest BCUT2D eigenvalue weighted by Crippen LogP contribution is 2.22. The highest BCUT2D eigenvalue weighted by atomic mass is 32.2. The van der Waals surface area contributed by atoms with Crippen molar-refractivity contribution in [3.05, 3.63) is 64.1 Å². The van der Waals surface area contributed by atoms with Crippen molar-refractivity contribution in [2.45, 2.75) is 25.5 Å². The fraction of sp³-hybridized carbons (Fsp3) is 0.263. The maximum Gasteiger partial charge on any atom is 0.233 e. The van der Waals surface area contributed by atoms with Crippen molar-refractivity contribution in [3.8, 4) is 5.69 Å². The van der Waals surface area contributed by atoms with Gasteiger partial charge in [0.1, 0.15) is 0 Å². The molecule has 4 nitrogen and oxygen atoms in total. The summed E-state index contributed by atoms with van der Waals surface area (Å²) in [4.78, 5) is 18.6. The third kappa shape index (κ3) is 4.32. The molecule has 1 amide bonds. The molecular weight excluding hydrogens is 350 g/mol. The second-order valence-electron chi connectivity index (χ2n) is 6.02. The first-order valence-corrected chi connectivity index (χ1v) is 9.96. The number of rotatable bonds is 6. The molecule has 6 heteroatoms. The summed E-state index contributed by atoms with van der Waals surface area (Å²) in [6, 6.07) is 8.39. The van der Waals surface area contributed by atoms with Crippen LogP contribution in [0, 0.1) is 13.8 Å². The van der Waals surface area contributed by atoms with E-state index < -0.39 is 0 Å². The van der Waals surface area contributed by atoms with Crippen LogP contribution in [0.1, 0.15) is 16.7 Å². The van der Waals surface area contributed by atoms with E-state index in [9.17, 15) is 4.79 Å². The van der Waals surface area contributed by atoms with Crippen LogP contribution in [0.5, 0.6) is 0 Å². The molecule has 1 aromatic carbocycles. The molecule has 3 aromatic rings. The first kappa shape index (κ1) is 17.8. The number of hydrogen-bond acceptors (Lipinski definition) is 4. The third-order valence-electron chi connectivity index (χ3n) is 4.13. The Morgan fingerprint density at radius 1 is 1.28 bits per heavy atom. The molecule has 0 unspecified atom stereocenters. The van der Waals surface area contributed by atoms with E-state index in [1.54, 1.807) is 22.4 Å². The number of amides is 1. The number of thioether (sulfide) groups is 1. The first-order chi connectivity index (χ1) is 12.0. The van der Waals surface area contributed by atoms with Crippen LogP contribution in [-0.4, -0.2) is 33.2 Å². The predicted octanol–water partition coefficient (Wildman–Crippen LogP) is 4.30. The highest BCUT2D eigenvalue weighted by Gasteiger charge is 2.13. The van der Waals surface area contributed by atoms with E-state index in [0.717, 1.165) is 10.8 Å². The van der Waals surface area contributed by atoms with Crippen LogP contribution in [0.25, 0.3) is 5.69 Å². The van der Waals surface area contributed by atoms with Crippen LogP contribution in [0.4, 0.5) is 0 Å². The van der Waals surface area contributed by atoms with Crippen molar-refractivity contribution in [2.24, 2.45) is 0 Å². The Bertz CT molecular complexity index is 855. The van der Waals surface area contributed by atoms with E-state index in [1.165, 1.54) is 28.5 Å². The maximum atomic E-state index is 12.4. The molecule has 0 aliphatic carbocycles. The van der Waals surface area contributed by atoms with Gasteiger partial charge in [0.05, 0.1) is 5.75 Å². The minimum Gasteiger partial charge on any atom is -0.341 e. The Kier molecular flexibility index (Phi) is 5.60. The van der Waals surface area contributed by atoms with Gasteiger partial charge in [0.15, 0.2) is 5.16 Å². The number of carbonyl (C=O) groups excluding carboxylic acids is 1. The molecule has 2 aromatic heterocycles. The van der Waals surface area contributed by atoms with Crippen molar-refractivity contribution in [1.29, 1.82) is 0 Å². The normalized spacial score (nSPS) is 10.8. The summed E-state index contributed by atoms with van der Waals surface area (Å²) in [6.45, 7) is 4.85. The minimum absolute atomic E-state index is 0.103. The van der Waals surface area contributed by atoms with E-state index in [1.807, 2.05) is 29.3 Å². The molecule has 0 fully saturated rings. The van der Waals surface area contributed by atoms with Crippen molar-refractivity contribution in [2.75, 3.05) is 12.8 Å². The van der Waals surface area contributed by atoms with Crippen LogP contribution in [0.15, 0.2) is 52.6 Å². The number of imidazole rings is 1. The van der Waals surface area contributed by atoms with Crippen LogP contribution < -0.4 is 0 Å². The zero-order valence-electron chi connectivity index (χ0n) is 14.6. The minimum atomic E-state index is 0.103. The van der Waals surface area contributed by atoms with E-state index in [2.05, 4.69) is 42.4 Å². The number of hydrogen-bond donors (Lipinski definition) is 0. The first-order valence-electron chi connectivity index (χ1n) is 8.03. The smallest absolute Gasteiger partial charge is 0.233 e. The quantitative estimate of drug-likeness (QED) is 0.606. The van der Waals surface area contributed by atoms with E-state index in [0.29, 0.717) is 12.3 Å². The number of benzene rings is 1.